The molecule has 102 valence electrons. The van der Waals surface area contributed by atoms with Gasteiger partial charge in [-0.05, 0) is 40.5 Å². The van der Waals surface area contributed by atoms with Crippen molar-refractivity contribution in [3.63, 3.8) is 0 Å². The van der Waals surface area contributed by atoms with Crippen LogP contribution in [0.15, 0.2) is 22.7 Å². The number of imide groups is 1. The average molecular weight is 327 g/mol. The summed E-state index contributed by atoms with van der Waals surface area (Å²) in [5.74, 6) is 0.253. The normalized spacial score (nSPS) is 20.3. The topological polar surface area (TPSA) is 58.6 Å². The van der Waals surface area contributed by atoms with Crippen LogP contribution in [0, 0.1) is 0 Å². The Morgan fingerprint density at radius 1 is 1.47 bits per heavy atom. The third-order valence-electron chi connectivity index (χ3n) is 3.14. The Balaban J connectivity index is 2.14. The maximum atomic E-state index is 11.6. The molecule has 5 nitrogen and oxygen atoms in total. The number of hydrogen-bond donors (Lipinski definition) is 1. The molecule has 0 radical (unpaired) electrons. The van der Waals surface area contributed by atoms with Gasteiger partial charge < -0.3 is 4.74 Å². The molecule has 2 amide bonds. The zero-order valence-electron chi connectivity index (χ0n) is 10.8. The number of amides is 2. The van der Waals surface area contributed by atoms with Gasteiger partial charge in [-0.3, -0.25) is 19.8 Å². The molecular formula is C13H15BrN2O3. The van der Waals surface area contributed by atoms with Gasteiger partial charge in [0.25, 0.3) is 0 Å². The van der Waals surface area contributed by atoms with Crippen LogP contribution >= 0.6 is 15.9 Å². The monoisotopic (exact) mass is 326 g/mol. The predicted molar refractivity (Wildman–Crippen MR) is 73.7 cm³/mol. The van der Waals surface area contributed by atoms with Crippen LogP contribution in [0.4, 0.5) is 0 Å². The molecule has 1 aromatic rings. The zero-order valence-corrected chi connectivity index (χ0v) is 12.4. The van der Waals surface area contributed by atoms with Crippen molar-refractivity contribution in [2.24, 2.45) is 0 Å². The van der Waals surface area contributed by atoms with E-state index >= 15 is 0 Å². The number of carbonyl (C=O) groups excluding carboxylic acids is 2. The highest BCUT2D eigenvalue weighted by molar-refractivity contribution is 9.10. The number of methoxy groups -OCH3 is 1. The SMILES string of the molecule is COc1ccc(CN2CC(=O)NC(=O)C2C)cc1Br. The van der Waals surface area contributed by atoms with E-state index < -0.39 is 0 Å². The number of halogens is 1. The highest BCUT2D eigenvalue weighted by Gasteiger charge is 2.29. The molecule has 1 atom stereocenters. The van der Waals surface area contributed by atoms with E-state index in [0.29, 0.717) is 6.54 Å². The molecule has 1 aliphatic rings. The van der Waals surface area contributed by atoms with Crippen LogP contribution in [0.2, 0.25) is 0 Å². The fourth-order valence-corrected chi connectivity index (χ4v) is 2.59. The second-order valence-electron chi connectivity index (χ2n) is 4.46. The first-order chi connectivity index (χ1) is 9.01. The summed E-state index contributed by atoms with van der Waals surface area (Å²) in [5, 5.41) is 2.33. The van der Waals surface area contributed by atoms with Gasteiger partial charge in [-0.15, -0.1) is 0 Å². The van der Waals surface area contributed by atoms with Crippen molar-refractivity contribution >= 4 is 27.7 Å². The van der Waals surface area contributed by atoms with Crippen molar-refractivity contribution in [1.29, 1.82) is 0 Å². The van der Waals surface area contributed by atoms with Crippen LogP contribution in [0.5, 0.6) is 5.75 Å². The Labute approximate surface area is 120 Å². The van der Waals surface area contributed by atoms with Crippen molar-refractivity contribution in [3.05, 3.63) is 28.2 Å². The van der Waals surface area contributed by atoms with Crippen molar-refractivity contribution in [2.75, 3.05) is 13.7 Å². The Kier molecular flexibility index (Phi) is 4.21. The van der Waals surface area contributed by atoms with Gasteiger partial charge in [-0.2, -0.15) is 0 Å². The van der Waals surface area contributed by atoms with Crippen molar-refractivity contribution < 1.29 is 14.3 Å². The number of piperazine rings is 1. The zero-order chi connectivity index (χ0) is 14.0. The lowest BCUT2D eigenvalue weighted by atomic mass is 10.1. The second kappa shape index (κ2) is 5.71. The molecule has 0 bridgehead atoms. The molecule has 6 heteroatoms. The Morgan fingerprint density at radius 2 is 2.21 bits per heavy atom. The maximum Gasteiger partial charge on any atom is 0.243 e. The van der Waals surface area contributed by atoms with Gasteiger partial charge in [0.1, 0.15) is 5.75 Å². The van der Waals surface area contributed by atoms with Gasteiger partial charge >= 0.3 is 0 Å². The molecule has 1 N–H and O–H groups in total. The fraction of sp³-hybridized carbons (Fsp3) is 0.385. The number of hydrogen-bond acceptors (Lipinski definition) is 4. The van der Waals surface area contributed by atoms with Gasteiger partial charge in [0.15, 0.2) is 0 Å². The highest BCUT2D eigenvalue weighted by atomic mass is 79.9. The summed E-state index contributed by atoms with van der Waals surface area (Å²) in [6.07, 6.45) is 0. The second-order valence-corrected chi connectivity index (χ2v) is 5.32. The van der Waals surface area contributed by atoms with Crippen LogP contribution < -0.4 is 10.1 Å². The quantitative estimate of drug-likeness (QED) is 0.851. The van der Waals surface area contributed by atoms with E-state index in [9.17, 15) is 9.59 Å². The number of carbonyl (C=O) groups is 2. The lowest BCUT2D eigenvalue weighted by Gasteiger charge is -2.31. The number of benzene rings is 1. The summed E-state index contributed by atoms with van der Waals surface area (Å²) in [6, 6.07) is 5.41. The first-order valence-corrected chi connectivity index (χ1v) is 6.70. The summed E-state index contributed by atoms with van der Waals surface area (Å²) in [6.45, 7) is 2.57. The van der Waals surface area contributed by atoms with Crippen LogP contribution in [0.25, 0.3) is 0 Å². The number of nitrogens with zero attached hydrogens (tertiary/aromatic N) is 1. The van der Waals surface area contributed by atoms with Gasteiger partial charge in [0.2, 0.25) is 11.8 Å². The standard InChI is InChI=1S/C13H15BrN2O3/c1-8-13(18)15-12(17)7-16(8)6-9-3-4-11(19-2)10(14)5-9/h3-5,8H,6-7H2,1-2H3,(H,15,17,18). The van der Waals surface area contributed by atoms with Crippen LogP contribution in [-0.4, -0.2) is 36.4 Å². The van der Waals surface area contributed by atoms with Crippen LogP contribution in [0.1, 0.15) is 12.5 Å². The Bertz CT molecular complexity index is 519. The van der Waals surface area contributed by atoms with E-state index in [1.807, 2.05) is 23.1 Å². The van der Waals surface area contributed by atoms with E-state index in [4.69, 9.17) is 4.74 Å². The smallest absolute Gasteiger partial charge is 0.243 e. The molecule has 0 aliphatic carbocycles. The van der Waals surface area contributed by atoms with Crippen LogP contribution in [0.3, 0.4) is 0 Å². The fourth-order valence-electron chi connectivity index (χ4n) is 2.00. The summed E-state index contributed by atoms with van der Waals surface area (Å²) in [5.41, 5.74) is 1.02. The maximum absolute atomic E-state index is 11.6. The summed E-state index contributed by atoms with van der Waals surface area (Å²) < 4.78 is 6.02. The molecule has 2 rings (SSSR count). The first kappa shape index (κ1) is 14.0. The minimum Gasteiger partial charge on any atom is -0.496 e. The van der Waals surface area contributed by atoms with E-state index in [0.717, 1.165) is 15.8 Å². The summed E-state index contributed by atoms with van der Waals surface area (Å²) >= 11 is 3.42. The molecule has 0 spiro atoms. The largest absolute Gasteiger partial charge is 0.496 e. The minimum atomic E-state index is -0.307. The molecule has 1 fully saturated rings. The van der Waals surface area contributed by atoms with E-state index in [1.165, 1.54) is 0 Å². The van der Waals surface area contributed by atoms with Gasteiger partial charge in [0.05, 0.1) is 24.2 Å². The van der Waals surface area contributed by atoms with Gasteiger partial charge in [0, 0.05) is 6.54 Å². The summed E-state index contributed by atoms with van der Waals surface area (Å²) in [4.78, 5) is 24.8. The third-order valence-corrected chi connectivity index (χ3v) is 3.76. The number of ether oxygens (including phenoxy) is 1. The molecule has 19 heavy (non-hydrogen) atoms. The van der Waals surface area contributed by atoms with E-state index in [-0.39, 0.29) is 24.4 Å². The Hall–Kier alpha value is -1.40. The Morgan fingerprint density at radius 3 is 2.84 bits per heavy atom. The van der Waals surface area contributed by atoms with Crippen molar-refractivity contribution in [2.45, 2.75) is 19.5 Å². The molecular weight excluding hydrogens is 312 g/mol. The minimum absolute atomic E-state index is 0.233. The molecule has 1 heterocycles. The van der Waals surface area contributed by atoms with E-state index in [2.05, 4.69) is 21.2 Å². The van der Waals surface area contributed by atoms with Crippen molar-refractivity contribution in [3.8, 4) is 5.75 Å². The first-order valence-electron chi connectivity index (χ1n) is 5.91. The lowest BCUT2D eigenvalue weighted by Crippen LogP contribution is -2.56. The predicted octanol–water partition coefficient (Wildman–Crippen LogP) is 1.30. The van der Waals surface area contributed by atoms with Crippen LogP contribution in [-0.2, 0) is 16.1 Å². The molecule has 1 saturated heterocycles. The molecule has 0 saturated carbocycles. The molecule has 1 unspecified atom stereocenters. The number of rotatable bonds is 3. The van der Waals surface area contributed by atoms with Gasteiger partial charge in [-0.1, -0.05) is 6.07 Å². The average Bonchev–Trinajstić information content (AvgIpc) is 2.35. The van der Waals surface area contributed by atoms with Gasteiger partial charge in [-0.25, -0.2) is 0 Å². The number of nitrogens with one attached hydrogen (secondary N) is 1. The third kappa shape index (κ3) is 3.13. The molecule has 1 aromatic carbocycles. The van der Waals surface area contributed by atoms with E-state index in [1.54, 1.807) is 14.0 Å². The summed E-state index contributed by atoms with van der Waals surface area (Å²) in [7, 11) is 1.61. The highest BCUT2D eigenvalue weighted by Crippen LogP contribution is 2.26. The molecule has 0 aromatic heterocycles. The lowest BCUT2D eigenvalue weighted by molar-refractivity contribution is -0.139. The molecule has 1 aliphatic heterocycles. The van der Waals surface area contributed by atoms with Crippen molar-refractivity contribution in [1.82, 2.24) is 10.2 Å².